The van der Waals surface area contributed by atoms with Crippen LogP contribution in [0.25, 0.3) is 10.8 Å². The van der Waals surface area contributed by atoms with Gasteiger partial charge in [-0.15, -0.1) is 0 Å². The second kappa shape index (κ2) is 10.8. The highest BCUT2D eigenvalue weighted by Crippen LogP contribution is 2.28. The normalized spacial score (nSPS) is 11.3. The highest BCUT2D eigenvalue weighted by molar-refractivity contribution is 7.92. The molecule has 1 N–H and O–H groups in total. The smallest absolute Gasteiger partial charge is 0.264 e. The maximum atomic E-state index is 13.6. The number of carbonyl (C=O) groups excluding carboxylic acids is 1. The SMILES string of the molecule is Cc1ccc(S(=O)(=O)N(CC(=O)NCCOc2ccc3ccccc3c2)c2cc(C)ccc2C)cc1. The molecule has 4 aromatic carbocycles. The number of hydrogen-bond donors (Lipinski definition) is 1. The summed E-state index contributed by atoms with van der Waals surface area (Å²) in [5, 5.41) is 4.99. The average Bonchev–Trinajstić information content (AvgIpc) is 2.87. The van der Waals surface area contributed by atoms with E-state index < -0.39 is 15.9 Å². The van der Waals surface area contributed by atoms with Crippen molar-refractivity contribution in [3.05, 3.63) is 102 Å². The standard InChI is InChI=1S/C29H30N2O4S/c1-21-9-14-27(15-10-21)36(33,34)31(28-18-22(2)8-11-23(28)3)20-29(32)30-16-17-35-26-13-12-24-6-4-5-7-25(24)19-26/h4-15,18-19H,16-17,20H2,1-3H3,(H,30,32). The molecule has 1 amide bonds. The van der Waals surface area contributed by atoms with Gasteiger partial charge in [-0.3, -0.25) is 9.10 Å². The van der Waals surface area contributed by atoms with Gasteiger partial charge >= 0.3 is 0 Å². The summed E-state index contributed by atoms with van der Waals surface area (Å²) in [4.78, 5) is 13.0. The molecule has 0 saturated heterocycles. The fourth-order valence-corrected chi connectivity index (χ4v) is 5.41. The minimum Gasteiger partial charge on any atom is -0.492 e. The van der Waals surface area contributed by atoms with Crippen molar-refractivity contribution in [3.8, 4) is 5.75 Å². The van der Waals surface area contributed by atoms with Crippen molar-refractivity contribution in [2.75, 3.05) is 24.0 Å². The number of rotatable bonds is 9. The fourth-order valence-electron chi connectivity index (χ4n) is 3.93. The van der Waals surface area contributed by atoms with E-state index in [-0.39, 0.29) is 24.6 Å². The molecule has 0 saturated carbocycles. The average molecular weight is 503 g/mol. The van der Waals surface area contributed by atoms with Crippen molar-refractivity contribution in [1.82, 2.24) is 5.32 Å². The van der Waals surface area contributed by atoms with Crippen molar-refractivity contribution in [1.29, 1.82) is 0 Å². The van der Waals surface area contributed by atoms with Crippen molar-refractivity contribution in [2.24, 2.45) is 0 Å². The zero-order valence-corrected chi connectivity index (χ0v) is 21.5. The molecule has 7 heteroatoms. The maximum Gasteiger partial charge on any atom is 0.264 e. The van der Waals surface area contributed by atoms with E-state index in [2.05, 4.69) is 5.32 Å². The number of anilines is 1. The quantitative estimate of drug-likeness (QED) is 0.321. The molecule has 0 radical (unpaired) electrons. The van der Waals surface area contributed by atoms with E-state index in [1.165, 1.54) is 4.31 Å². The molecular weight excluding hydrogens is 472 g/mol. The van der Waals surface area contributed by atoms with Crippen LogP contribution in [0.5, 0.6) is 5.75 Å². The topological polar surface area (TPSA) is 75.7 Å². The summed E-state index contributed by atoms with van der Waals surface area (Å²) in [6, 6.07) is 26.0. The molecule has 0 aliphatic carbocycles. The Kier molecular flexibility index (Phi) is 7.60. The molecular formula is C29H30N2O4S. The molecule has 0 unspecified atom stereocenters. The molecule has 0 bridgehead atoms. The highest BCUT2D eigenvalue weighted by atomic mass is 32.2. The number of hydrogen-bond acceptors (Lipinski definition) is 4. The Balaban J connectivity index is 1.46. The molecule has 0 heterocycles. The van der Waals surface area contributed by atoms with E-state index in [4.69, 9.17) is 4.74 Å². The predicted molar refractivity (Wildman–Crippen MR) is 144 cm³/mol. The number of nitrogens with zero attached hydrogens (tertiary/aromatic N) is 1. The first-order valence-corrected chi connectivity index (χ1v) is 13.2. The van der Waals surface area contributed by atoms with Gasteiger partial charge in [0.1, 0.15) is 18.9 Å². The Morgan fingerprint density at radius 3 is 2.28 bits per heavy atom. The third-order valence-corrected chi connectivity index (χ3v) is 7.72. The molecule has 0 fully saturated rings. The van der Waals surface area contributed by atoms with Crippen LogP contribution in [0, 0.1) is 20.8 Å². The summed E-state index contributed by atoms with van der Waals surface area (Å²) >= 11 is 0. The van der Waals surface area contributed by atoms with Gasteiger partial charge in [0, 0.05) is 0 Å². The Morgan fingerprint density at radius 2 is 1.53 bits per heavy atom. The van der Waals surface area contributed by atoms with Crippen LogP contribution < -0.4 is 14.4 Å². The number of fused-ring (bicyclic) bond motifs is 1. The number of sulfonamides is 1. The third kappa shape index (κ3) is 5.86. The molecule has 0 atom stereocenters. The Bertz CT molecular complexity index is 1480. The molecule has 186 valence electrons. The van der Waals surface area contributed by atoms with Crippen molar-refractivity contribution in [2.45, 2.75) is 25.7 Å². The van der Waals surface area contributed by atoms with E-state index in [0.29, 0.717) is 11.4 Å². The first-order valence-electron chi connectivity index (χ1n) is 11.8. The van der Waals surface area contributed by atoms with E-state index in [0.717, 1.165) is 27.5 Å². The van der Waals surface area contributed by atoms with E-state index in [9.17, 15) is 13.2 Å². The fraction of sp³-hybridized carbons (Fsp3) is 0.207. The number of aryl methyl sites for hydroxylation is 3. The molecule has 6 nitrogen and oxygen atoms in total. The van der Waals surface area contributed by atoms with Crippen LogP contribution in [0.15, 0.2) is 89.8 Å². The lowest BCUT2D eigenvalue weighted by Crippen LogP contribution is -2.42. The number of ether oxygens (including phenoxy) is 1. The lowest BCUT2D eigenvalue weighted by molar-refractivity contribution is -0.119. The number of benzene rings is 4. The second-order valence-corrected chi connectivity index (χ2v) is 10.7. The van der Waals surface area contributed by atoms with Gasteiger partial charge in [-0.25, -0.2) is 8.42 Å². The number of amides is 1. The highest BCUT2D eigenvalue weighted by Gasteiger charge is 2.28. The van der Waals surface area contributed by atoms with Crippen LogP contribution in [0.3, 0.4) is 0 Å². The molecule has 0 aliphatic rings. The largest absolute Gasteiger partial charge is 0.492 e. The zero-order valence-electron chi connectivity index (χ0n) is 20.7. The predicted octanol–water partition coefficient (Wildman–Crippen LogP) is 5.16. The van der Waals surface area contributed by atoms with E-state index in [1.54, 1.807) is 30.3 Å². The van der Waals surface area contributed by atoms with Gasteiger partial charge in [0.15, 0.2) is 0 Å². The zero-order chi connectivity index (χ0) is 25.7. The summed E-state index contributed by atoms with van der Waals surface area (Å²) in [6.45, 7) is 5.80. The van der Waals surface area contributed by atoms with Crippen LogP contribution in [0.1, 0.15) is 16.7 Å². The van der Waals surface area contributed by atoms with Crippen LogP contribution >= 0.6 is 0 Å². The van der Waals surface area contributed by atoms with Crippen molar-refractivity contribution < 1.29 is 17.9 Å². The number of nitrogens with one attached hydrogen (secondary N) is 1. The van der Waals surface area contributed by atoms with Gasteiger partial charge in [0.25, 0.3) is 10.0 Å². The van der Waals surface area contributed by atoms with Gasteiger partial charge in [0.05, 0.1) is 17.1 Å². The van der Waals surface area contributed by atoms with Gasteiger partial charge in [0.2, 0.25) is 5.91 Å². The molecule has 4 aromatic rings. The van der Waals surface area contributed by atoms with Gasteiger partial charge in [-0.05, 0) is 73.0 Å². The van der Waals surface area contributed by atoms with Gasteiger partial charge in [-0.2, -0.15) is 0 Å². The van der Waals surface area contributed by atoms with Gasteiger partial charge in [-0.1, -0.05) is 60.2 Å². The lowest BCUT2D eigenvalue weighted by Gasteiger charge is -2.26. The summed E-state index contributed by atoms with van der Waals surface area (Å²) in [7, 11) is -3.96. The minimum absolute atomic E-state index is 0.140. The van der Waals surface area contributed by atoms with Crippen molar-refractivity contribution in [3.63, 3.8) is 0 Å². The third-order valence-electron chi connectivity index (χ3n) is 5.94. The van der Waals surface area contributed by atoms with E-state index >= 15 is 0 Å². The first-order chi connectivity index (χ1) is 17.2. The van der Waals surface area contributed by atoms with Crippen molar-refractivity contribution >= 4 is 32.4 Å². The monoisotopic (exact) mass is 502 g/mol. The summed E-state index contributed by atoms with van der Waals surface area (Å²) in [5.74, 6) is 0.301. The maximum absolute atomic E-state index is 13.6. The summed E-state index contributed by atoms with van der Waals surface area (Å²) in [6.07, 6.45) is 0. The summed E-state index contributed by atoms with van der Waals surface area (Å²) in [5.41, 5.74) is 3.11. The molecule has 0 aromatic heterocycles. The lowest BCUT2D eigenvalue weighted by atomic mass is 10.1. The van der Waals surface area contributed by atoms with E-state index in [1.807, 2.05) is 75.4 Å². The molecule has 0 spiro atoms. The Morgan fingerprint density at radius 1 is 0.833 bits per heavy atom. The Labute approximate surface area is 212 Å². The minimum atomic E-state index is -3.96. The molecule has 4 rings (SSSR count). The molecule has 0 aliphatic heterocycles. The van der Waals surface area contributed by atoms with Crippen LogP contribution in [0.4, 0.5) is 5.69 Å². The first kappa shape index (κ1) is 25.3. The van der Waals surface area contributed by atoms with Crippen LogP contribution in [0.2, 0.25) is 0 Å². The summed E-state index contributed by atoms with van der Waals surface area (Å²) < 4.78 is 34.1. The van der Waals surface area contributed by atoms with Crippen LogP contribution in [-0.2, 0) is 14.8 Å². The molecule has 36 heavy (non-hydrogen) atoms. The Hall–Kier alpha value is -3.84. The van der Waals surface area contributed by atoms with Crippen LogP contribution in [-0.4, -0.2) is 34.0 Å². The van der Waals surface area contributed by atoms with Gasteiger partial charge < -0.3 is 10.1 Å². The second-order valence-electron chi connectivity index (χ2n) is 8.82. The number of carbonyl (C=O) groups is 1.